The SMILES string of the molecule is CC(=O)NCCNS(=O)(=O)N(C)C1CCCCC1. The van der Waals surface area contributed by atoms with Crippen LogP contribution in [-0.2, 0) is 15.0 Å². The summed E-state index contributed by atoms with van der Waals surface area (Å²) in [6, 6.07) is 0.108. The molecule has 0 aromatic carbocycles. The Morgan fingerprint density at radius 2 is 1.83 bits per heavy atom. The molecule has 7 heteroatoms. The fourth-order valence-electron chi connectivity index (χ4n) is 2.16. The van der Waals surface area contributed by atoms with Gasteiger partial charge in [0, 0.05) is 33.1 Å². The van der Waals surface area contributed by atoms with Crippen LogP contribution in [0, 0.1) is 0 Å². The van der Waals surface area contributed by atoms with E-state index < -0.39 is 10.2 Å². The maximum atomic E-state index is 12.0. The van der Waals surface area contributed by atoms with Gasteiger partial charge in [0.2, 0.25) is 5.91 Å². The molecule has 6 nitrogen and oxygen atoms in total. The molecule has 0 aliphatic heterocycles. The number of amides is 1. The van der Waals surface area contributed by atoms with Crippen LogP contribution < -0.4 is 10.0 Å². The third kappa shape index (κ3) is 4.91. The van der Waals surface area contributed by atoms with Gasteiger partial charge in [0.05, 0.1) is 0 Å². The third-order valence-electron chi connectivity index (χ3n) is 3.25. The van der Waals surface area contributed by atoms with Crippen molar-refractivity contribution in [2.45, 2.75) is 45.1 Å². The first kappa shape index (κ1) is 15.4. The lowest BCUT2D eigenvalue weighted by Gasteiger charge is -2.30. The maximum absolute atomic E-state index is 12.0. The molecule has 1 aliphatic rings. The fourth-order valence-corrected chi connectivity index (χ4v) is 3.33. The van der Waals surface area contributed by atoms with Crippen LogP contribution in [0.5, 0.6) is 0 Å². The van der Waals surface area contributed by atoms with Crippen LogP contribution in [0.1, 0.15) is 39.0 Å². The lowest BCUT2D eigenvalue weighted by atomic mass is 9.96. The molecule has 1 saturated carbocycles. The van der Waals surface area contributed by atoms with E-state index >= 15 is 0 Å². The normalized spacial score (nSPS) is 17.9. The summed E-state index contributed by atoms with van der Waals surface area (Å²) in [4.78, 5) is 10.7. The molecule has 1 amide bonds. The van der Waals surface area contributed by atoms with Crippen molar-refractivity contribution in [3.8, 4) is 0 Å². The molecule has 0 spiro atoms. The van der Waals surface area contributed by atoms with Gasteiger partial charge in [-0.3, -0.25) is 4.79 Å². The first-order valence-corrected chi connectivity index (χ1v) is 7.84. The second-order valence-corrected chi connectivity index (χ2v) is 6.51. The fraction of sp³-hybridized carbons (Fsp3) is 0.909. The van der Waals surface area contributed by atoms with Crippen LogP contribution in [0.4, 0.5) is 0 Å². The monoisotopic (exact) mass is 277 g/mol. The minimum atomic E-state index is -3.43. The summed E-state index contributed by atoms with van der Waals surface area (Å²) in [6.45, 7) is 1.94. The molecule has 106 valence electrons. The topological polar surface area (TPSA) is 78.5 Å². The van der Waals surface area contributed by atoms with Crippen LogP contribution in [-0.4, -0.2) is 44.8 Å². The van der Waals surface area contributed by atoms with Gasteiger partial charge in [-0.15, -0.1) is 0 Å². The van der Waals surface area contributed by atoms with Crippen molar-refractivity contribution in [2.75, 3.05) is 20.1 Å². The first-order valence-electron chi connectivity index (χ1n) is 6.40. The number of hydrogen-bond donors (Lipinski definition) is 2. The quantitative estimate of drug-likeness (QED) is 0.682. The molecule has 0 radical (unpaired) electrons. The van der Waals surface area contributed by atoms with Gasteiger partial charge in [0.1, 0.15) is 0 Å². The highest BCUT2D eigenvalue weighted by molar-refractivity contribution is 7.87. The van der Waals surface area contributed by atoms with E-state index in [0.29, 0.717) is 6.54 Å². The summed E-state index contributed by atoms with van der Waals surface area (Å²) >= 11 is 0. The highest BCUT2D eigenvalue weighted by Gasteiger charge is 2.26. The molecule has 0 aromatic heterocycles. The Hall–Kier alpha value is -0.660. The van der Waals surface area contributed by atoms with Gasteiger partial charge in [0.15, 0.2) is 0 Å². The Balaban J connectivity index is 2.39. The molecule has 0 saturated heterocycles. The molecule has 1 rings (SSSR count). The van der Waals surface area contributed by atoms with E-state index in [1.165, 1.54) is 17.6 Å². The molecule has 0 heterocycles. The van der Waals surface area contributed by atoms with Gasteiger partial charge in [0.25, 0.3) is 10.2 Å². The lowest BCUT2D eigenvalue weighted by molar-refractivity contribution is -0.118. The zero-order valence-corrected chi connectivity index (χ0v) is 11.9. The standard InChI is InChI=1S/C11H23N3O3S/c1-10(15)12-8-9-13-18(16,17)14(2)11-6-4-3-5-7-11/h11,13H,3-9H2,1-2H3,(H,12,15). The Morgan fingerprint density at radius 1 is 1.22 bits per heavy atom. The summed E-state index contributed by atoms with van der Waals surface area (Å²) in [5, 5.41) is 2.55. The summed E-state index contributed by atoms with van der Waals surface area (Å²) in [5.41, 5.74) is 0. The molecule has 2 N–H and O–H groups in total. The zero-order chi connectivity index (χ0) is 13.6. The van der Waals surface area contributed by atoms with Crippen molar-refractivity contribution in [3.63, 3.8) is 0 Å². The van der Waals surface area contributed by atoms with Crippen LogP contribution in [0.15, 0.2) is 0 Å². The maximum Gasteiger partial charge on any atom is 0.279 e. The molecular weight excluding hydrogens is 254 g/mol. The molecule has 0 atom stereocenters. The van der Waals surface area contributed by atoms with Crippen molar-refractivity contribution < 1.29 is 13.2 Å². The molecule has 0 unspecified atom stereocenters. The van der Waals surface area contributed by atoms with Gasteiger partial charge >= 0.3 is 0 Å². The highest BCUT2D eigenvalue weighted by atomic mass is 32.2. The van der Waals surface area contributed by atoms with Gasteiger partial charge in [-0.05, 0) is 12.8 Å². The minimum absolute atomic E-state index is 0.108. The van der Waals surface area contributed by atoms with E-state index in [1.807, 2.05) is 0 Å². The summed E-state index contributed by atoms with van der Waals surface area (Å²) < 4.78 is 27.9. The van der Waals surface area contributed by atoms with E-state index in [-0.39, 0.29) is 18.5 Å². The minimum Gasteiger partial charge on any atom is -0.355 e. The van der Waals surface area contributed by atoms with Gasteiger partial charge in [-0.25, -0.2) is 4.72 Å². The average molecular weight is 277 g/mol. The predicted molar refractivity (Wildman–Crippen MR) is 70.2 cm³/mol. The Morgan fingerprint density at radius 3 is 2.39 bits per heavy atom. The number of hydrogen-bond acceptors (Lipinski definition) is 3. The van der Waals surface area contributed by atoms with Crippen LogP contribution in [0.2, 0.25) is 0 Å². The van der Waals surface area contributed by atoms with E-state index in [9.17, 15) is 13.2 Å². The van der Waals surface area contributed by atoms with Crippen LogP contribution in [0.3, 0.4) is 0 Å². The summed E-state index contributed by atoms with van der Waals surface area (Å²) in [5.74, 6) is -0.158. The second-order valence-electron chi connectivity index (χ2n) is 4.69. The first-order chi connectivity index (χ1) is 8.43. The molecule has 1 aliphatic carbocycles. The van der Waals surface area contributed by atoms with Crippen molar-refractivity contribution in [1.82, 2.24) is 14.3 Å². The average Bonchev–Trinajstić information content (AvgIpc) is 2.34. The number of carbonyl (C=O) groups excluding carboxylic acids is 1. The number of nitrogens with one attached hydrogen (secondary N) is 2. The molecule has 18 heavy (non-hydrogen) atoms. The molecule has 1 fully saturated rings. The van der Waals surface area contributed by atoms with E-state index in [4.69, 9.17) is 0 Å². The van der Waals surface area contributed by atoms with Crippen LogP contribution >= 0.6 is 0 Å². The van der Waals surface area contributed by atoms with Gasteiger partial charge in [-0.2, -0.15) is 12.7 Å². The van der Waals surface area contributed by atoms with Crippen molar-refractivity contribution in [1.29, 1.82) is 0 Å². The Kier molecular flexibility index (Phi) is 6.04. The smallest absolute Gasteiger partial charge is 0.279 e. The molecule has 0 bridgehead atoms. The van der Waals surface area contributed by atoms with Gasteiger partial charge in [-0.1, -0.05) is 19.3 Å². The zero-order valence-electron chi connectivity index (χ0n) is 11.1. The summed E-state index contributed by atoms with van der Waals surface area (Å²) in [7, 11) is -1.80. The second kappa shape index (κ2) is 7.06. The van der Waals surface area contributed by atoms with E-state index in [1.54, 1.807) is 7.05 Å². The third-order valence-corrected chi connectivity index (χ3v) is 4.88. The van der Waals surface area contributed by atoms with E-state index in [0.717, 1.165) is 25.7 Å². The van der Waals surface area contributed by atoms with E-state index in [2.05, 4.69) is 10.0 Å². The molecule has 0 aromatic rings. The number of carbonyl (C=O) groups is 1. The predicted octanol–water partition coefficient (Wildman–Crippen LogP) is 0.221. The highest BCUT2D eigenvalue weighted by Crippen LogP contribution is 2.22. The largest absolute Gasteiger partial charge is 0.355 e. The number of nitrogens with zero attached hydrogens (tertiary/aromatic N) is 1. The Bertz CT molecular complexity index is 364. The summed E-state index contributed by atoms with van der Waals surface area (Å²) in [6.07, 6.45) is 5.25. The van der Waals surface area contributed by atoms with Crippen molar-refractivity contribution in [3.05, 3.63) is 0 Å². The van der Waals surface area contributed by atoms with Crippen LogP contribution in [0.25, 0.3) is 0 Å². The number of rotatable bonds is 6. The van der Waals surface area contributed by atoms with Crippen molar-refractivity contribution in [2.24, 2.45) is 0 Å². The molecular formula is C11H23N3O3S. The Labute approximate surface area is 109 Å². The van der Waals surface area contributed by atoms with Gasteiger partial charge < -0.3 is 5.32 Å². The van der Waals surface area contributed by atoms with Crippen molar-refractivity contribution >= 4 is 16.1 Å². The lowest BCUT2D eigenvalue weighted by Crippen LogP contribution is -2.46.